The molecule has 1 aromatic heterocycles. The molecule has 126 valence electrons. The smallest absolute Gasteiger partial charge is 0.261 e. The summed E-state index contributed by atoms with van der Waals surface area (Å²) in [5.41, 5.74) is 12.2. The second kappa shape index (κ2) is 10.9. The van der Waals surface area contributed by atoms with Gasteiger partial charge in [0.25, 0.3) is 5.95 Å². The molecule has 1 rings (SSSR count). The van der Waals surface area contributed by atoms with Crippen LogP contribution in [0.3, 0.4) is 0 Å². The third kappa shape index (κ3) is 6.83. The molecular weight excluding hydrogens is 284 g/mol. The Morgan fingerprint density at radius 1 is 1.00 bits per heavy atom. The number of nitrogens with two attached hydrogens (primary N) is 1. The molecule has 0 aliphatic carbocycles. The lowest BCUT2D eigenvalue weighted by molar-refractivity contribution is 0.311. The first kappa shape index (κ1) is 18.3. The molecule has 0 bridgehead atoms. The van der Waals surface area contributed by atoms with Gasteiger partial charge in [0.05, 0.1) is 6.61 Å². The first-order chi connectivity index (χ1) is 10.7. The van der Waals surface area contributed by atoms with E-state index in [0.29, 0.717) is 18.4 Å². The normalized spacial score (nSPS) is 10.7. The fraction of sp³-hybridized carbons (Fsp3) is 0.769. The summed E-state index contributed by atoms with van der Waals surface area (Å²) in [6.07, 6.45) is 4.28. The number of aromatic nitrogens is 3. The lowest BCUT2D eigenvalue weighted by atomic mass is 10.3. The van der Waals surface area contributed by atoms with Crippen molar-refractivity contribution in [1.29, 1.82) is 0 Å². The second-order valence-electron chi connectivity index (χ2n) is 4.83. The maximum atomic E-state index is 8.86. The van der Waals surface area contributed by atoms with Crippen LogP contribution in [0.15, 0.2) is 0 Å². The Hall–Kier alpha value is -1.71. The van der Waals surface area contributed by atoms with Gasteiger partial charge in [0.2, 0.25) is 11.9 Å². The number of hydrazine groups is 2. The maximum absolute atomic E-state index is 8.86. The van der Waals surface area contributed by atoms with Gasteiger partial charge in [-0.25, -0.2) is 16.0 Å². The summed E-state index contributed by atoms with van der Waals surface area (Å²) in [5, 5.41) is 13.4. The van der Waals surface area contributed by atoms with Crippen LogP contribution in [0.25, 0.3) is 0 Å². The molecule has 0 spiro atoms. The van der Waals surface area contributed by atoms with Crippen LogP contribution in [0.5, 0.6) is 0 Å². The number of anilines is 3. The number of aliphatic hydroxyl groups excluding tert-OH is 1. The lowest BCUT2D eigenvalue weighted by Gasteiger charge is -2.24. The van der Waals surface area contributed by atoms with Crippen LogP contribution < -0.4 is 27.0 Å². The highest BCUT2D eigenvalue weighted by molar-refractivity contribution is 5.40. The zero-order chi connectivity index (χ0) is 16.2. The van der Waals surface area contributed by atoms with Crippen LogP contribution in [0.2, 0.25) is 0 Å². The molecule has 0 saturated heterocycles. The van der Waals surface area contributed by atoms with Crippen molar-refractivity contribution in [2.45, 2.75) is 39.5 Å². The molecular formula is C13H28N8O. The molecule has 22 heavy (non-hydrogen) atoms. The molecule has 0 unspecified atom stereocenters. The molecule has 1 heterocycles. The highest BCUT2D eigenvalue weighted by Crippen LogP contribution is 2.09. The minimum absolute atomic E-state index is 0.00582. The number of nitrogens with zero attached hydrogens (tertiary/aromatic N) is 4. The van der Waals surface area contributed by atoms with E-state index in [2.05, 4.69) is 45.0 Å². The molecule has 0 radical (unpaired) electrons. The van der Waals surface area contributed by atoms with E-state index in [-0.39, 0.29) is 12.6 Å². The molecule has 9 heteroatoms. The minimum atomic E-state index is -0.00582. The molecule has 1 aromatic rings. The first-order valence-electron chi connectivity index (χ1n) is 7.84. The van der Waals surface area contributed by atoms with E-state index in [1.807, 2.05) is 0 Å². The Kier molecular flexibility index (Phi) is 9.12. The average Bonchev–Trinajstić information content (AvgIpc) is 2.51. The van der Waals surface area contributed by atoms with E-state index in [1.54, 1.807) is 5.12 Å². The van der Waals surface area contributed by atoms with Crippen molar-refractivity contribution in [2.75, 3.05) is 42.4 Å². The summed E-state index contributed by atoms with van der Waals surface area (Å²) in [4.78, 5) is 12.5. The van der Waals surface area contributed by atoms with Crippen molar-refractivity contribution in [2.24, 2.45) is 0 Å². The summed E-state index contributed by atoms with van der Waals surface area (Å²) in [6.45, 7) is 6.23. The number of hydrogen-bond donors (Lipinski definition) is 5. The first-order valence-corrected chi connectivity index (χ1v) is 7.84. The third-order valence-electron chi connectivity index (χ3n) is 2.84. The second-order valence-corrected chi connectivity index (χ2v) is 4.83. The van der Waals surface area contributed by atoms with Crippen LogP contribution in [0, 0.1) is 0 Å². The Balaban J connectivity index is 2.78. The summed E-state index contributed by atoms with van der Waals surface area (Å²) in [7, 11) is 0. The largest absolute Gasteiger partial charge is 0.395 e. The van der Waals surface area contributed by atoms with Crippen LogP contribution in [0.4, 0.5) is 17.8 Å². The number of rotatable bonds is 12. The number of aliphatic hydroxyl groups is 1. The van der Waals surface area contributed by atoms with Crippen molar-refractivity contribution in [3.8, 4) is 0 Å². The van der Waals surface area contributed by atoms with E-state index in [4.69, 9.17) is 10.8 Å². The average molecular weight is 312 g/mol. The highest BCUT2D eigenvalue weighted by Gasteiger charge is 2.12. The Labute approximate surface area is 131 Å². The summed E-state index contributed by atoms with van der Waals surface area (Å²) in [5.74, 6) is 0.876. The number of nitrogens with one attached hydrogen (secondary N) is 3. The molecule has 0 atom stereocenters. The number of nitrogen functional groups attached to an aromatic ring is 1. The summed E-state index contributed by atoms with van der Waals surface area (Å²) in [6, 6.07) is 0. The predicted octanol–water partition coefficient (Wildman–Crippen LogP) is 0.274. The van der Waals surface area contributed by atoms with Crippen LogP contribution >= 0.6 is 0 Å². The summed E-state index contributed by atoms with van der Waals surface area (Å²) >= 11 is 0. The Bertz CT molecular complexity index is 407. The van der Waals surface area contributed by atoms with Gasteiger partial charge in [0.1, 0.15) is 0 Å². The Morgan fingerprint density at radius 3 is 2.18 bits per heavy atom. The molecule has 0 saturated carbocycles. The van der Waals surface area contributed by atoms with Crippen LogP contribution in [-0.4, -0.2) is 46.3 Å². The van der Waals surface area contributed by atoms with Gasteiger partial charge in [0, 0.05) is 19.6 Å². The van der Waals surface area contributed by atoms with E-state index >= 15 is 0 Å². The lowest BCUT2D eigenvalue weighted by Crippen LogP contribution is -2.50. The molecule has 0 aliphatic rings. The topological polar surface area (TPSA) is 124 Å². The minimum Gasteiger partial charge on any atom is -0.395 e. The fourth-order valence-corrected chi connectivity index (χ4v) is 1.66. The van der Waals surface area contributed by atoms with Crippen molar-refractivity contribution in [3.63, 3.8) is 0 Å². The quantitative estimate of drug-likeness (QED) is 0.273. The molecule has 0 aliphatic heterocycles. The Morgan fingerprint density at radius 2 is 1.64 bits per heavy atom. The fourth-order valence-electron chi connectivity index (χ4n) is 1.66. The van der Waals surface area contributed by atoms with Crippen molar-refractivity contribution in [1.82, 2.24) is 25.8 Å². The molecule has 0 aromatic carbocycles. The summed E-state index contributed by atoms with van der Waals surface area (Å²) < 4.78 is 0. The number of hydrogen-bond acceptors (Lipinski definition) is 9. The van der Waals surface area contributed by atoms with Gasteiger partial charge in [-0.15, -0.1) is 0 Å². The van der Waals surface area contributed by atoms with E-state index < -0.39 is 0 Å². The predicted molar refractivity (Wildman–Crippen MR) is 88.1 cm³/mol. The molecule has 9 nitrogen and oxygen atoms in total. The van der Waals surface area contributed by atoms with Gasteiger partial charge in [-0.2, -0.15) is 15.0 Å². The molecule has 0 fully saturated rings. The highest BCUT2D eigenvalue weighted by atomic mass is 16.3. The van der Waals surface area contributed by atoms with Gasteiger partial charge in [0.15, 0.2) is 0 Å². The SMILES string of the molecule is CCCCNN(NCCCC)c1nc(N)nc(NCCO)n1. The van der Waals surface area contributed by atoms with Gasteiger partial charge < -0.3 is 16.2 Å². The molecule has 0 amide bonds. The van der Waals surface area contributed by atoms with E-state index in [0.717, 1.165) is 38.8 Å². The molecule has 6 N–H and O–H groups in total. The standard InChI is InChI=1S/C13H28N8O/c1-3-5-7-16-21(17-8-6-4-2)13-19-11(14)18-12(20-13)15-9-10-22/h16-17,22H,3-10H2,1-2H3,(H3,14,15,18,19,20). The van der Waals surface area contributed by atoms with Crippen molar-refractivity contribution in [3.05, 3.63) is 0 Å². The van der Waals surface area contributed by atoms with E-state index in [9.17, 15) is 0 Å². The number of unbranched alkanes of at least 4 members (excludes halogenated alkanes) is 2. The van der Waals surface area contributed by atoms with E-state index in [1.165, 1.54) is 0 Å². The zero-order valence-electron chi connectivity index (χ0n) is 13.5. The van der Waals surface area contributed by atoms with Gasteiger partial charge in [-0.3, -0.25) is 0 Å². The van der Waals surface area contributed by atoms with Gasteiger partial charge >= 0.3 is 0 Å². The van der Waals surface area contributed by atoms with Crippen molar-refractivity contribution < 1.29 is 5.11 Å². The third-order valence-corrected chi connectivity index (χ3v) is 2.84. The van der Waals surface area contributed by atoms with Gasteiger partial charge in [-0.05, 0) is 12.8 Å². The van der Waals surface area contributed by atoms with Crippen molar-refractivity contribution >= 4 is 17.8 Å². The van der Waals surface area contributed by atoms with Crippen LogP contribution in [0.1, 0.15) is 39.5 Å². The zero-order valence-corrected chi connectivity index (χ0v) is 13.5. The van der Waals surface area contributed by atoms with Gasteiger partial charge in [-0.1, -0.05) is 26.7 Å². The maximum Gasteiger partial charge on any atom is 0.261 e. The monoisotopic (exact) mass is 312 g/mol. The van der Waals surface area contributed by atoms with Crippen LogP contribution in [-0.2, 0) is 0 Å².